The fourth-order valence-electron chi connectivity index (χ4n) is 3.16. The lowest BCUT2D eigenvalue weighted by atomic mass is 9.93. The summed E-state index contributed by atoms with van der Waals surface area (Å²) >= 11 is 0. The number of nitrogens with one attached hydrogen (secondary N) is 1. The summed E-state index contributed by atoms with van der Waals surface area (Å²) in [6, 6.07) is 3.87. The lowest BCUT2D eigenvalue weighted by molar-refractivity contribution is -0.274. The Hall–Kier alpha value is -2.36. The average molecular weight is 387 g/mol. The molecule has 1 saturated heterocycles. The third-order valence-electron chi connectivity index (χ3n) is 4.86. The predicted molar refractivity (Wildman–Crippen MR) is 87.2 cm³/mol. The second-order valence-corrected chi connectivity index (χ2v) is 6.92. The monoisotopic (exact) mass is 387 g/mol. The number of amides is 1. The quantitative estimate of drug-likeness (QED) is 0.606. The Bertz CT molecular complexity index is 872. The molecule has 1 amide bonds. The van der Waals surface area contributed by atoms with E-state index in [-0.39, 0.29) is 30.8 Å². The van der Waals surface area contributed by atoms with Crippen LogP contribution in [0.25, 0.3) is 11.0 Å². The average Bonchev–Trinajstić information content (AvgIpc) is 3.22. The molecule has 0 bridgehead atoms. The number of benzene rings is 1. The smallest absolute Gasteiger partial charge is 0.406 e. The highest BCUT2D eigenvalue weighted by Gasteiger charge is 2.47. The zero-order valence-electron chi connectivity index (χ0n) is 14.2. The molecule has 2 fully saturated rings. The summed E-state index contributed by atoms with van der Waals surface area (Å²) in [6.07, 6.45) is -2.29. The molecule has 1 atom stereocenters. The molecule has 2 heterocycles. The van der Waals surface area contributed by atoms with Crippen LogP contribution in [-0.4, -0.2) is 40.7 Å². The third-order valence-corrected chi connectivity index (χ3v) is 4.86. The van der Waals surface area contributed by atoms with Crippen molar-refractivity contribution in [3.63, 3.8) is 0 Å². The van der Waals surface area contributed by atoms with E-state index >= 15 is 0 Å². The van der Waals surface area contributed by atoms with Gasteiger partial charge in [0.05, 0.1) is 24.1 Å². The standard InChI is InChI=1S/C17H17F4N3O3/c18-8-16(9-26-16)7-14(25)23-15-22-12-5-4-11(27-17(19,20)21)6-13(12)24(15)10-2-1-3-10/h4-6,10H,1-3,7-9H2,(H,22,23,25). The normalized spacial score (nSPS) is 22.5. The minimum Gasteiger partial charge on any atom is -0.406 e. The van der Waals surface area contributed by atoms with Crippen LogP contribution in [0, 0.1) is 0 Å². The molecule has 1 aliphatic heterocycles. The Morgan fingerprint density at radius 3 is 2.70 bits per heavy atom. The van der Waals surface area contributed by atoms with E-state index in [2.05, 4.69) is 15.0 Å². The van der Waals surface area contributed by atoms with Gasteiger partial charge < -0.3 is 14.0 Å². The number of hydrogen-bond acceptors (Lipinski definition) is 4. The lowest BCUT2D eigenvalue weighted by Crippen LogP contribution is -2.27. The predicted octanol–water partition coefficient (Wildman–Crippen LogP) is 3.73. The van der Waals surface area contributed by atoms with Crippen molar-refractivity contribution >= 4 is 22.9 Å². The fraction of sp³-hybridized carbons (Fsp3) is 0.529. The van der Waals surface area contributed by atoms with Gasteiger partial charge in [-0.25, -0.2) is 9.37 Å². The van der Waals surface area contributed by atoms with Gasteiger partial charge in [0.25, 0.3) is 0 Å². The van der Waals surface area contributed by atoms with Crippen LogP contribution in [0.5, 0.6) is 5.75 Å². The van der Waals surface area contributed by atoms with E-state index < -0.39 is 24.5 Å². The number of aromatic nitrogens is 2. The Labute approximate surface area is 151 Å². The molecular formula is C17H17F4N3O3. The molecule has 10 heteroatoms. The van der Waals surface area contributed by atoms with E-state index in [0.29, 0.717) is 11.0 Å². The number of hydrogen-bond donors (Lipinski definition) is 1. The molecular weight excluding hydrogens is 370 g/mol. The Kier molecular flexibility index (Phi) is 4.25. The van der Waals surface area contributed by atoms with Crippen LogP contribution in [0.2, 0.25) is 0 Å². The topological polar surface area (TPSA) is 68.7 Å². The van der Waals surface area contributed by atoms with Crippen LogP contribution in [0.3, 0.4) is 0 Å². The van der Waals surface area contributed by atoms with E-state index in [9.17, 15) is 22.4 Å². The van der Waals surface area contributed by atoms with Gasteiger partial charge in [-0.2, -0.15) is 0 Å². The first-order valence-corrected chi connectivity index (χ1v) is 8.56. The number of alkyl halides is 4. The number of anilines is 1. The number of rotatable bonds is 6. The van der Waals surface area contributed by atoms with Gasteiger partial charge >= 0.3 is 6.36 Å². The number of nitrogens with zero attached hydrogens (tertiary/aromatic N) is 2. The second-order valence-electron chi connectivity index (χ2n) is 6.92. The Balaban J connectivity index is 1.64. The molecule has 0 spiro atoms. The van der Waals surface area contributed by atoms with Gasteiger partial charge in [0.1, 0.15) is 18.0 Å². The van der Waals surface area contributed by atoms with Gasteiger partial charge in [0, 0.05) is 12.1 Å². The lowest BCUT2D eigenvalue weighted by Gasteiger charge is -2.29. The highest BCUT2D eigenvalue weighted by Crippen LogP contribution is 2.39. The van der Waals surface area contributed by atoms with Crippen molar-refractivity contribution in [2.24, 2.45) is 0 Å². The molecule has 27 heavy (non-hydrogen) atoms. The molecule has 2 aromatic rings. The third kappa shape index (κ3) is 3.71. The molecule has 4 rings (SSSR count). The summed E-state index contributed by atoms with van der Waals surface area (Å²) in [4.78, 5) is 16.6. The summed E-state index contributed by atoms with van der Waals surface area (Å²) in [5.41, 5.74) is -0.167. The number of epoxide rings is 1. The van der Waals surface area contributed by atoms with Crippen LogP contribution in [0.15, 0.2) is 18.2 Å². The molecule has 1 saturated carbocycles. The number of carbonyl (C=O) groups is 1. The van der Waals surface area contributed by atoms with E-state index in [4.69, 9.17) is 4.74 Å². The molecule has 146 valence electrons. The zero-order chi connectivity index (χ0) is 19.2. The number of fused-ring (bicyclic) bond motifs is 1. The van der Waals surface area contributed by atoms with Crippen LogP contribution in [-0.2, 0) is 9.53 Å². The molecule has 1 N–H and O–H groups in total. The fourth-order valence-corrected chi connectivity index (χ4v) is 3.16. The Morgan fingerprint density at radius 2 is 2.15 bits per heavy atom. The van der Waals surface area contributed by atoms with Gasteiger partial charge in [-0.15, -0.1) is 13.2 Å². The van der Waals surface area contributed by atoms with Gasteiger partial charge in [-0.05, 0) is 31.4 Å². The molecule has 1 aliphatic carbocycles. The van der Waals surface area contributed by atoms with Crippen molar-refractivity contribution in [1.29, 1.82) is 0 Å². The van der Waals surface area contributed by atoms with Crippen molar-refractivity contribution in [2.75, 3.05) is 18.6 Å². The van der Waals surface area contributed by atoms with Crippen molar-refractivity contribution in [1.82, 2.24) is 9.55 Å². The summed E-state index contributed by atoms with van der Waals surface area (Å²) in [6.45, 7) is -0.564. The van der Waals surface area contributed by atoms with E-state index in [1.54, 1.807) is 4.57 Å². The molecule has 0 radical (unpaired) electrons. The number of carbonyl (C=O) groups excluding carboxylic acids is 1. The minimum absolute atomic E-state index is 0.0266. The summed E-state index contributed by atoms with van der Waals surface area (Å²) in [7, 11) is 0. The van der Waals surface area contributed by atoms with Gasteiger partial charge in [-0.3, -0.25) is 10.1 Å². The van der Waals surface area contributed by atoms with Crippen LogP contribution in [0.4, 0.5) is 23.5 Å². The highest BCUT2D eigenvalue weighted by molar-refractivity contribution is 5.92. The Morgan fingerprint density at radius 1 is 1.41 bits per heavy atom. The maximum Gasteiger partial charge on any atom is 0.573 e. The first-order valence-electron chi connectivity index (χ1n) is 8.56. The van der Waals surface area contributed by atoms with E-state index in [1.807, 2.05) is 0 Å². The van der Waals surface area contributed by atoms with Gasteiger partial charge in [0.15, 0.2) is 0 Å². The van der Waals surface area contributed by atoms with Crippen LogP contribution < -0.4 is 10.1 Å². The first-order chi connectivity index (χ1) is 12.8. The summed E-state index contributed by atoms with van der Waals surface area (Å²) in [5.74, 6) is -0.567. The van der Waals surface area contributed by atoms with Crippen LogP contribution in [0.1, 0.15) is 31.7 Å². The maximum atomic E-state index is 12.9. The molecule has 6 nitrogen and oxygen atoms in total. The minimum atomic E-state index is -4.79. The molecule has 1 aromatic carbocycles. The van der Waals surface area contributed by atoms with Crippen molar-refractivity contribution in [3.05, 3.63) is 18.2 Å². The van der Waals surface area contributed by atoms with Crippen molar-refractivity contribution in [2.45, 2.75) is 43.7 Å². The van der Waals surface area contributed by atoms with E-state index in [0.717, 1.165) is 19.3 Å². The second kappa shape index (κ2) is 6.36. The highest BCUT2D eigenvalue weighted by atomic mass is 19.4. The largest absolute Gasteiger partial charge is 0.573 e. The molecule has 1 aromatic heterocycles. The first kappa shape index (κ1) is 18.0. The number of halogens is 4. The SMILES string of the molecule is O=C(CC1(CF)CO1)Nc1nc2ccc(OC(F)(F)F)cc2n1C1CCC1. The van der Waals surface area contributed by atoms with Gasteiger partial charge in [0.2, 0.25) is 11.9 Å². The van der Waals surface area contributed by atoms with E-state index in [1.165, 1.54) is 18.2 Å². The maximum absolute atomic E-state index is 12.9. The number of imidazole rings is 1. The molecule has 1 unspecified atom stereocenters. The number of ether oxygens (including phenoxy) is 2. The molecule has 2 aliphatic rings. The van der Waals surface area contributed by atoms with Gasteiger partial charge in [-0.1, -0.05) is 0 Å². The zero-order valence-corrected chi connectivity index (χ0v) is 14.2. The summed E-state index contributed by atoms with van der Waals surface area (Å²) < 4.78 is 61.1. The van der Waals surface area contributed by atoms with Crippen LogP contribution >= 0.6 is 0 Å². The van der Waals surface area contributed by atoms with Crippen molar-refractivity contribution in [3.8, 4) is 5.75 Å². The van der Waals surface area contributed by atoms with Crippen molar-refractivity contribution < 1.29 is 31.8 Å². The summed E-state index contributed by atoms with van der Waals surface area (Å²) in [5, 5.41) is 2.65.